The third-order valence-corrected chi connectivity index (χ3v) is 2.50. The van der Waals surface area contributed by atoms with Gasteiger partial charge in [-0.2, -0.15) is 0 Å². The van der Waals surface area contributed by atoms with E-state index >= 15 is 0 Å². The van der Waals surface area contributed by atoms with Crippen LogP contribution >= 0.6 is 0 Å². The largest absolute Gasteiger partial charge is 0.0625 e. The van der Waals surface area contributed by atoms with E-state index in [-0.39, 0.29) is 0 Å². The van der Waals surface area contributed by atoms with Crippen LogP contribution in [0.2, 0.25) is 0 Å². The van der Waals surface area contributed by atoms with Crippen molar-refractivity contribution in [1.82, 2.24) is 0 Å². The summed E-state index contributed by atoms with van der Waals surface area (Å²) >= 11 is 0. The summed E-state index contributed by atoms with van der Waals surface area (Å²) in [5.41, 5.74) is 0. The minimum Gasteiger partial charge on any atom is -0.0625 e. The van der Waals surface area contributed by atoms with Gasteiger partial charge in [0.15, 0.2) is 0 Å². The molecule has 0 heteroatoms. The molecule has 1 rings (SSSR count). The van der Waals surface area contributed by atoms with Gasteiger partial charge in [0.25, 0.3) is 0 Å². The average Bonchev–Trinajstić information content (AvgIpc) is 1.83. The topological polar surface area (TPSA) is 0 Å². The fourth-order valence-corrected chi connectivity index (χ4v) is 1.90. The molecule has 0 aromatic heterocycles. The highest BCUT2D eigenvalue weighted by Gasteiger charge is 2.11. The molecule has 1 radical (unpaired) electrons. The zero-order chi connectivity index (χ0) is 7.40. The lowest BCUT2D eigenvalue weighted by atomic mass is 9.86. The lowest BCUT2D eigenvalue weighted by molar-refractivity contribution is 0.425. The van der Waals surface area contributed by atoms with Gasteiger partial charge in [0.05, 0.1) is 0 Å². The minimum absolute atomic E-state index is 0.959. The lowest BCUT2D eigenvalue weighted by Crippen LogP contribution is -2.04. The van der Waals surface area contributed by atoms with Gasteiger partial charge in [-0.1, -0.05) is 39.5 Å². The van der Waals surface area contributed by atoms with Crippen molar-refractivity contribution in [2.24, 2.45) is 5.92 Å². The van der Waals surface area contributed by atoms with Crippen LogP contribution < -0.4 is 0 Å². The van der Waals surface area contributed by atoms with Gasteiger partial charge in [0.2, 0.25) is 0 Å². The Morgan fingerprint density at radius 1 is 1.20 bits per heavy atom. The molecule has 1 aliphatic rings. The summed E-state index contributed by atoms with van der Waals surface area (Å²) in [7, 11) is 0. The molecule has 0 spiro atoms. The average molecular weight is 139 g/mol. The van der Waals surface area contributed by atoms with E-state index in [1.54, 1.807) is 5.92 Å². The highest BCUT2D eigenvalue weighted by atomic mass is 14.2. The maximum Gasteiger partial charge on any atom is -0.0269 e. The predicted octanol–water partition coefficient (Wildman–Crippen LogP) is 3.57. The molecule has 1 fully saturated rings. The zero-order valence-corrected chi connectivity index (χ0v) is 7.32. The third-order valence-electron chi connectivity index (χ3n) is 2.50. The van der Waals surface area contributed by atoms with Crippen molar-refractivity contribution in [2.75, 3.05) is 0 Å². The second-order valence-corrected chi connectivity index (χ2v) is 3.87. The summed E-state index contributed by atoms with van der Waals surface area (Å²) in [6.45, 7) is 4.70. The van der Waals surface area contributed by atoms with Gasteiger partial charge in [0.1, 0.15) is 0 Å². The van der Waals surface area contributed by atoms with Crippen LogP contribution in [0.3, 0.4) is 0 Å². The molecule has 59 valence electrons. The molecule has 1 saturated carbocycles. The molecular formula is C10H19. The maximum absolute atomic E-state index is 2.38. The van der Waals surface area contributed by atoms with Crippen LogP contribution in [0.25, 0.3) is 0 Å². The fourth-order valence-electron chi connectivity index (χ4n) is 1.90. The molecular weight excluding hydrogens is 120 g/mol. The molecule has 0 aromatic rings. The smallest absolute Gasteiger partial charge is 0.0269 e. The monoisotopic (exact) mass is 139 g/mol. The Balaban J connectivity index is 2.25. The number of hydrogen-bond acceptors (Lipinski definition) is 0. The zero-order valence-electron chi connectivity index (χ0n) is 7.32. The molecule has 10 heavy (non-hydrogen) atoms. The van der Waals surface area contributed by atoms with Crippen LogP contribution in [0.5, 0.6) is 0 Å². The maximum atomic E-state index is 2.38. The summed E-state index contributed by atoms with van der Waals surface area (Å²) in [5, 5.41) is 0. The predicted molar refractivity (Wildman–Crippen MR) is 45.8 cm³/mol. The molecule has 1 aliphatic carbocycles. The van der Waals surface area contributed by atoms with Crippen molar-refractivity contribution in [1.29, 1.82) is 0 Å². The van der Waals surface area contributed by atoms with Crippen molar-refractivity contribution in [3.8, 4) is 0 Å². The lowest BCUT2D eigenvalue weighted by Gasteiger charge is -2.19. The summed E-state index contributed by atoms with van der Waals surface area (Å²) in [4.78, 5) is 0. The van der Waals surface area contributed by atoms with Crippen LogP contribution in [0.1, 0.15) is 52.4 Å². The molecule has 0 aliphatic heterocycles. The Kier molecular flexibility index (Phi) is 3.24. The highest BCUT2D eigenvalue weighted by Crippen LogP contribution is 2.26. The number of hydrogen-bond donors (Lipinski definition) is 0. The van der Waals surface area contributed by atoms with Crippen LogP contribution in [-0.4, -0.2) is 0 Å². The van der Waals surface area contributed by atoms with Crippen molar-refractivity contribution < 1.29 is 0 Å². The molecule has 0 aromatic carbocycles. The van der Waals surface area contributed by atoms with Crippen molar-refractivity contribution in [2.45, 2.75) is 52.4 Å². The van der Waals surface area contributed by atoms with E-state index in [0.29, 0.717) is 0 Å². The Labute approximate surface area is 65.0 Å². The summed E-state index contributed by atoms with van der Waals surface area (Å²) in [5.74, 6) is 2.69. The van der Waals surface area contributed by atoms with E-state index < -0.39 is 0 Å². The van der Waals surface area contributed by atoms with Crippen molar-refractivity contribution in [3.05, 3.63) is 5.92 Å². The molecule has 0 saturated heterocycles. The first-order valence-corrected chi connectivity index (χ1v) is 4.60. The van der Waals surface area contributed by atoms with Gasteiger partial charge < -0.3 is 0 Å². The first-order chi connectivity index (χ1) is 4.79. The van der Waals surface area contributed by atoms with Crippen LogP contribution in [-0.2, 0) is 0 Å². The Morgan fingerprint density at radius 3 is 2.80 bits per heavy atom. The standard InChI is InChI=1S/C10H19/c1-9-6-4-3-5-7-10(2)8-9/h9H,3-8H2,1-2H3. The van der Waals surface area contributed by atoms with Crippen molar-refractivity contribution in [3.63, 3.8) is 0 Å². The van der Waals surface area contributed by atoms with E-state index in [1.807, 2.05) is 0 Å². The SMILES string of the molecule is C[C]1CCCCCC(C)C1. The van der Waals surface area contributed by atoms with Gasteiger partial charge in [-0.05, 0) is 24.7 Å². The van der Waals surface area contributed by atoms with E-state index in [9.17, 15) is 0 Å². The summed E-state index contributed by atoms with van der Waals surface area (Å²) in [6, 6.07) is 0. The van der Waals surface area contributed by atoms with E-state index in [4.69, 9.17) is 0 Å². The summed E-state index contributed by atoms with van der Waals surface area (Å²) < 4.78 is 0. The molecule has 0 nitrogen and oxygen atoms in total. The quantitative estimate of drug-likeness (QED) is 0.481. The molecule has 0 N–H and O–H groups in total. The Hall–Kier alpha value is 0. The van der Waals surface area contributed by atoms with Gasteiger partial charge in [-0.15, -0.1) is 0 Å². The summed E-state index contributed by atoms with van der Waals surface area (Å²) in [6.07, 6.45) is 8.61. The Bertz CT molecular complexity index is 76.0. The third kappa shape index (κ3) is 2.72. The minimum atomic E-state index is 0.959. The molecule has 0 amide bonds. The normalized spacial score (nSPS) is 31.2. The van der Waals surface area contributed by atoms with Crippen LogP contribution in [0.15, 0.2) is 0 Å². The number of rotatable bonds is 0. The highest BCUT2D eigenvalue weighted by molar-refractivity contribution is 4.86. The van der Waals surface area contributed by atoms with Crippen molar-refractivity contribution >= 4 is 0 Å². The van der Waals surface area contributed by atoms with Gasteiger partial charge in [-0.3, -0.25) is 0 Å². The van der Waals surface area contributed by atoms with Crippen LogP contribution in [0, 0.1) is 11.8 Å². The molecule has 1 unspecified atom stereocenters. The van der Waals surface area contributed by atoms with E-state index in [0.717, 1.165) is 5.92 Å². The van der Waals surface area contributed by atoms with Gasteiger partial charge in [-0.25, -0.2) is 0 Å². The first-order valence-electron chi connectivity index (χ1n) is 4.60. The fraction of sp³-hybridized carbons (Fsp3) is 0.900. The molecule has 1 atom stereocenters. The Morgan fingerprint density at radius 2 is 2.00 bits per heavy atom. The van der Waals surface area contributed by atoms with Gasteiger partial charge in [0, 0.05) is 0 Å². The van der Waals surface area contributed by atoms with E-state index in [2.05, 4.69) is 13.8 Å². The molecule has 0 heterocycles. The molecule has 0 bridgehead atoms. The second kappa shape index (κ2) is 4.00. The first kappa shape index (κ1) is 8.10. The van der Waals surface area contributed by atoms with E-state index in [1.165, 1.54) is 38.5 Å². The second-order valence-electron chi connectivity index (χ2n) is 3.87. The van der Waals surface area contributed by atoms with Crippen LogP contribution in [0.4, 0.5) is 0 Å². The van der Waals surface area contributed by atoms with Gasteiger partial charge >= 0.3 is 0 Å².